The lowest BCUT2D eigenvalue weighted by atomic mass is 9.97. The summed E-state index contributed by atoms with van der Waals surface area (Å²) in [4.78, 5) is 23.8. The molecule has 0 radical (unpaired) electrons. The second kappa shape index (κ2) is 5.77. The Morgan fingerprint density at radius 1 is 0.773 bits per heavy atom. The molecule has 3 rings (SSSR count). The third-order valence-corrected chi connectivity index (χ3v) is 7.53. The van der Waals surface area contributed by atoms with E-state index in [9.17, 15) is 9.59 Å². The predicted octanol–water partition coefficient (Wildman–Crippen LogP) is 4.75. The van der Waals surface area contributed by atoms with E-state index in [4.69, 9.17) is 23.2 Å². The minimum atomic E-state index is -0.895. The lowest BCUT2D eigenvalue weighted by Crippen LogP contribution is -2.37. The van der Waals surface area contributed by atoms with Crippen LogP contribution in [-0.4, -0.2) is 21.3 Å². The molecule has 3 saturated carbocycles. The largest absolute Gasteiger partial charge is 0.297 e. The van der Waals surface area contributed by atoms with Crippen molar-refractivity contribution in [1.82, 2.24) is 0 Å². The van der Waals surface area contributed by atoms with Gasteiger partial charge in [-0.15, -0.1) is 23.2 Å². The fourth-order valence-corrected chi connectivity index (χ4v) is 5.81. The fourth-order valence-electron chi connectivity index (χ4n) is 4.73. The number of hydrogen-bond acceptors (Lipinski definition) is 2. The van der Waals surface area contributed by atoms with Gasteiger partial charge in [-0.1, -0.05) is 52.4 Å². The van der Waals surface area contributed by atoms with Crippen LogP contribution in [0, 0.1) is 23.7 Å². The minimum absolute atomic E-state index is 0.0421. The topological polar surface area (TPSA) is 34.1 Å². The predicted molar refractivity (Wildman–Crippen MR) is 89.4 cm³/mol. The molecule has 0 bridgehead atoms. The van der Waals surface area contributed by atoms with Crippen LogP contribution in [0.3, 0.4) is 0 Å². The molecule has 0 spiro atoms. The Morgan fingerprint density at radius 2 is 1.14 bits per heavy atom. The number of ketones is 2. The maximum atomic E-state index is 12.8. The second-order valence-corrected chi connectivity index (χ2v) is 8.68. The van der Waals surface area contributed by atoms with Gasteiger partial charge >= 0.3 is 0 Å². The smallest absolute Gasteiger partial charge is 0.160 e. The van der Waals surface area contributed by atoms with Crippen LogP contribution in [-0.2, 0) is 9.59 Å². The Bertz CT molecular complexity index is 447. The Kier molecular flexibility index (Phi) is 4.40. The monoisotopic (exact) mass is 344 g/mol. The van der Waals surface area contributed by atoms with Crippen LogP contribution in [0.25, 0.3) is 0 Å². The van der Waals surface area contributed by atoms with Gasteiger partial charge in [0.2, 0.25) is 0 Å². The molecule has 3 fully saturated rings. The second-order valence-electron chi connectivity index (χ2n) is 7.42. The van der Waals surface area contributed by atoms with E-state index >= 15 is 0 Å². The van der Waals surface area contributed by atoms with Gasteiger partial charge in [-0.2, -0.15) is 0 Å². The number of fused-ring (bicyclic) bond motifs is 2. The Balaban J connectivity index is 1.68. The molecule has 22 heavy (non-hydrogen) atoms. The van der Waals surface area contributed by atoms with Gasteiger partial charge in [0.15, 0.2) is 11.6 Å². The van der Waals surface area contributed by atoms with Crippen molar-refractivity contribution in [1.29, 1.82) is 0 Å². The lowest BCUT2D eigenvalue weighted by molar-refractivity contribution is -0.129. The van der Waals surface area contributed by atoms with Crippen molar-refractivity contribution < 1.29 is 9.59 Å². The number of alkyl halides is 2. The average molecular weight is 345 g/mol. The maximum absolute atomic E-state index is 12.8. The van der Waals surface area contributed by atoms with E-state index in [-0.39, 0.29) is 35.2 Å². The lowest BCUT2D eigenvalue weighted by Gasteiger charge is -2.16. The van der Waals surface area contributed by atoms with Gasteiger partial charge in [-0.05, 0) is 24.7 Å². The van der Waals surface area contributed by atoms with Crippen molar-refractivity contribution in [3.05, 3.63) is 0 Å². The summed E-state index contributed by atoms with van der Waals surface area (Å²) in [5, 5.41) is 0. The van der Waals surface area contributed by atoms with Crippen molar-refractivity contribution >= 4 is 34.8 Å². The van der Waals surface area contributed by atoms with E-state index in [1.807, 2.05) is 0 Å². The number of Topliss-reactive ketones (excluding diaryl/α,β-unsaturated/α-hetero) is 2. The first-order chi connectivity index (χ1) is 10.5. The quantitative estimate of drug-likeness (QED) is 0.470. The molecule has 124 valence electrons. The first-order valence-corrected chi connectivity index (χ1v) is 9.67. The van der Waals surface area contributed by atoms with Crippen LogP contribution >= 0.6 is 23.2 Å². The highest BCUT2D eigenvalue weighted by atomic mass is 35.5. The van der Waals surface area contributed by atoms with Crippen LogP contribution in [0.4, 0.5) is 0 Å². The van der Waals surface area contributed by atoms with E-state index in [2.05, 4.69) is 13.8 Å². The van der Waals surface area contributed by atoms with Gasteiger partial charge < -0.3 is 0 Å². The zero-order valence-corrected chi connectivity index (χ0v) is 15.1. The van der Waals surface area contributed by atoms with Gasteiger partial charge in [-0.25, -0.2) is 0 Å². The minimum Gasteiger partial charge on any atom is -0.297 e. The van der Waals surface area contributed by atoms with Gasteiger partial charge in [0.1, 0.15) is 9.75 Å². The molecular formula is C18H26Cl2O2. The van der Waals surface area contributed by atoms with Gasteiger partial charge in [0, 0.05) is 0 Å². The van der Waals surface area contributed by atoms with E-state index in [0.29, 0.717) is 0 Å². The van der Waals surface area contributed by atoms with E-state index in [1.54, 1.807) is 0 Å². The molecule has 0 heterocycles. The molecule has 3 aliphatic carbocycles. The number of hydrogen-bond donors (Lipinski definition) is 0. The SMILES string of the molecule is CCCCC[C@@H]1[C@H]2C(=O)[C@]3(Cl)[C@@H](CCCCC)[C@@H]3C(=O)[C@@]12Cl. The molecule has 3 aliphatic rings. The number of unbranched alkanes of at least 4 members (excludes halogenated alkanes) is 4. The molecule has 0 saturated heterocycles. The van der Waals surface area contributed by atoms with Crippen LogP contribution in [0.5, 0.6) is 0 Å². The van der Waals surface area contributed by atoms with Crippen molar-refractivity contribution in [2.24, 2.45) is 23.7 Å². The van der Waals surface area contributed by atoms with E-state index < -0.39 is 9.75 Å². The molecule has 0 aromatic carbocycles. The molecular weight excluding hydrogens is 319 g/mol. The summed E-state index contributed by atoms with van der Waals surface area (Å²) in [5.41, 5.74) is 0. The molecule has 0 N–H and O–H groups in total. The van der Waals surface area contributed by atoms with E-state index in [1.165, 1.54) is 0 Å². The normalized spacial score (nSPS) is 45.5. The van der Waals surface area contributed by atoms with Crippen molar-refractivity contribution in [2.75, 3.05) is 0 Å². The summed E-state index contributed by atoms with van der Waals surface area (Å²) in [6, 6.07) is 0. The average Bonchev–Trinajstić information content (AvgIpc) is 3.31. The molecule has 4 heteroatoms. The Hall–Kier alpha value is -0.0800. The van der Waals surface area contributed by atoms with Crippen LogP contribution < -0.4 is 0 Å². The van der Waals surface area contributed by atoms with Crippen LogP contribution in [0.2, 0.25) is 0 Å². The molecule has 0 aliphatic heterocycles. The molecule has 0 aromatic heterocycles. The molecule has 0 amide bonds. The summed E-state index contributed by atoms with van der Waals surface area (Å²) in [7, 11) is 0. The molecule has 0 unspecified atom stereocenters. The van der Waals surface area contributed by atoms with Crippen molar-refractivity contribution in [3.8, 4) is 0 Å². The number of carbonyl (C=O) groups excluding carboxylic acids is 2. The van der Waals surface area contributed by atoms with Crippen molar-refractivity contribution in [3.63, 3.8) is 0 Å². The van der Waals surface area contributed by atoms with Gasteiger partial charge in [-0.3, -0.25) is 9.59 Å². The number of rotatable bonds is 8. The van der Waals surface area contributed by atoms with Crippen LogP contribution in [0.1, 0.15) is 65.2 Å². The molecule has 6 atom stereocenters. The maximum Gasteiger partial charge on any atom is 0.160 e. The third-order valence-electron chi connectivity index (χ3n) is 6.13. The van der Waals surface area contributed by atoms with Gasteiger partial charge in [0.05, 0.1) is 11.8 Å². The third kappa shape index (κ3) is 2.13. The fraction of sp³-hybridized carbons (Fsp3) is 0.889. The summed E-state index contributed by atoms with van der Waals surface area (Å²) in [6.07, 6.45) is 8.41. The zero-order valence-electron chi connectivity index (χ0n) is 13.5. The first-order valence-electron chi connectivity index (χ1n) is 8.92. The van der Waals surface area contributed by atoms with E-state index in [0.717, 1.165) is 51.4 Å². The number of halogens is 2. The summed E-state index contributed by atoms with van der Waals surface area (Å²) >= 11 is 13.2. The number of carbonyl (C=O) groups is 2. The summed E-state index contributed by atoms with van der Waals surface area (Å²) in [6.45, 7) is 4.30. The molecule has 0 aromatic rings. The first kappa shape index (κ1) is 16.8. The molecule has 2 nitrogen and oxygen atoms in total. The highest BCUT2D eigenvalue weighted by molar-refractivity contribution is 6.51. The standard InChI is InChI=1S/C18H26Cl2O2/c1-3-5-7-9-11-13-15(21)18(20)12(10-8-6-4-2)14(18)16(22)17(11,13)19/h11-14H,3-10H2,1-2H3/t11-,12+,13+,14-,17-,18+. The van der Waals surface area contributed by atoms with Crippen molar-refractivity contribution in [2.45, 2.75) is 75.0 Å². The Morgan fingerprint density at radius 3 is 1.45 bits per heavy atom. The Labute approximate surface area is 143 Å². The summed E-state index contributed by atoms with van der Waals surface area (Å²) < 4.78 is 0. The highest BCUT2D eigenvalue weighted by Crippen LogP contribution is 2.74. The highest BCUT2D eigenvalue weighted by Gasteiger charge is 2.87. The van der Waals surface area contributed by atoms with Gasteiger partial charge in [0.25, 0.3) is 0 Å². The summed E-state index contributed by atoms with van der Waals surface area (Å²) in [5.74, 6) is -0.360. The van der Waals surface area contributed by atoms with Crippen LogP contribution in [0.15, 0.2) is 0 Å². The zero-order chi connectivity index (χ0) is 16.1.